The Morgan fingerprint density at radius 1 is 1.00 bits per heavy atom. The normalized spacial score (nSPS) is 10.9. The maximum absolute atomic E-state index is 6.00. The molecule has 0 rings (SSSR count). The third kappa shape index (κ3) is 5.86. The number of hydrogen-bond donors (Lipinski definition) is 1. The average molecular weight is 279 g/mol. The second kappa shape index (κ2) is 7.13. The van der Waals surface area contributed by atoms with Crippen LogP contribution in [0.4, 0.5) is 0 Å². The van der Waals surface area contributed by atoms with Gasteiger partial charge in [-0.15, -0.1) is 0 Å². The predicted octanol–water partition coefficient (Wildman–Crippen LogP) is -3.98. The first kappa shape index (κ1) is 18.5. The summed E-state index contributed by atoms with van der Waals surface area (Å²) in [5.74, 6) is 1.13. The Morgan fingerprint density at radius 2 is 1.18 bits per heavy atom. The van der Waals surface area contributed by atoms with E-state index in [4.69, 9.17) is 5.73 Å². The molecular formula is C8H19INNa. The summed E-state index contributed by atoms with van der Waals surface area (Å²) in [6, 6.07) is 0. The second-order valence-corrected chi connectivity index (χ2v) is 3.68. The zero-order chi connectivity index (χ0) is 7.65. The molecule has 2 N–H and O–H groups in total. The van der Waals surface area contributed by atoms with Gasteiger partial charge in [0, 0.05) is 5.54 Å². The summed E-state index contributed by atoms with van der Waals surface area (Å²) in [4.78, 5) is 0. The summed E-state index contributed by atoms with van der Waals surface area (Å²) in [7, 11) is 0. The number of halogens is 1. The monoisotopic (exact) mass is 279 g/mol. The van der Waals surface area contributed by atoms with Gasteiger partial charge in [0.25, 0.3) is 0 Å². The Labute approximate surface area is 110 Å². The molecule has 0 radical (unpaired) electrons. The van der Waals surface area contributed by atoms with Crippen LogP contribution in [0.5, 0.6) is 0 Å². The fourth-order valence-electron chi connectivity index (χ4n) is 0.667. The summed E-state index contributed by atoms with van der Waals surface area (Å²) >= 11 is 0. The van der Waals surface area contributed by atoms with Crippen molar-refractivity contribution in [1.29, 1.82) is 0 Å². The van der Waals surface area contributed by atoms with Crippen LogP contribution in [0.2, 0.25) is 0 Å². The minimum Gasteiger partial charge on any atom is -1.00 e. The van der Waals surface area contributed by atoms with Crippen molar-refractivity contribution in [2.24, 2.45) is 17.6 Å². The van der Waals surface area contributed by atoms with E-state index in [1.165, 1.54) is 0 Å². The van der Waals surface area contributed by atoms with Gasteiger partial charge in [-0.2, -0.15) is 0 Å². The molecule has 0 saturated carbocycles. The molecule has 0 amide bonds. The van der Waals surface area contributed by atoms with E-state index in [-0.39, 0.29) is 59.1 Å². The van der Waals surface area contributed by atoms with E-state index in [1.807, 2.05) is 0 Å². The van der Waals surface area contributed by atoms with Crippen molar-refractivity contribution in [1.82, 2.24) is 0 Å². The molecule has 0 aliphatic heterocycles. The van der Waals surface area contributed by atoms with Crippen LogP contribution in [-0.4, -0.2) is 5.54 Å². The van der Waals surface area contributed by atoms with Crippen molar-refractivity contribution in [3.05, 3.63) is 0 Å². The molecule has 11 heavy (non-hydrogen) atoms. The van der Waals surface area contributed by atoms with E-state index in [1.54, 1.807) is 0 Å². The van der Waals surface area contributed by atoms with Gasteiger partial charge in [0.2, 0.25) is 0 Å². The molecule has 0 saturated heterocycles. The molecule has 0 unspecified atom stereocenters. The van der Waals surface area contributed by atoms with Gasteiger partial charge in [-0.1, -0.05) is 27.7 Å². The molecule has 0 aliphatic rings. The van der Waals surface area contributed by atoms with Gasteiger partial charge in [-0.3, -0.25) is 0 Å². The van der Waals surface area contributed by atoms with Crippen molar-refractivity contribution in [2.45, 2.75) is 40.2 Å². The standard InChI is InChI=1S/C8H19N.HI.Na/c1-6(2)8(5,9)7(3)4;;/h6-7H,9H2,1-5H3;1H;/q;;+1/p-1. The minimum atomic E-state index is 0. The average Bonchev–Trinajstić information content (AvgIpc) is 1.65. The molecule has 0 aromatic carbocycles. The Kier molecular flexibility index (Phi) is 12.0. The Hall–Kier alpha value is 1.69. The van der Waals surface area contributed by atoms with Crippen LogP contribution >= 0.6 is 0 Å². The molecule has 0 aliphatic carbocycles. The third-order valence-corrected chi connectivity index (χ3v) is 2.49. The van der Waals surface area contributed by atoms with E-state index >= 15 is 0 Å². The van der Waals surface area contributed by atoms with Gasteiger partial charge < -0.3 is 29.7 Å². The SMILES string of the molecule is CC(C)C(C)(N)C(C)C.[I-].[Na+]. The van der Waals surface area contributed by atoms with Crippen LogP contribution in [0.25, 0.3) is 0 Å². The Balaban J connectivity index is -0.000000320. The molecule has 0 fully saturated rings. The summed E-state index contributed by atoms with van der Waals surface area (Å²) in [5, 5.41) is 0. The van der Waals surface area contributed by atoms with Crippen molar-refractivity contribution in [2.75, 3.05) is 0 Å². The third-order valence-electron chi connectivity index (χ3n) is 2.49. The summed E-state index contributed by atoms with van der Waals surface area (Å²) in [5.41, 5.74) is 6.00. The van der Waals surface area contributed by atoms with Gasteiger partial charge in [-0.05, 0) is 18.8 Å². The summed E-state index contributed by atoms with van der Waals surface area (Å²) in [6.45, 7) is 10.8. The predicted molar refractivity (Wildman–Crippen MR) is 42.3 cm³/mol. The van der Waals surface area contributed by atoms with Crippen molar-refractivity contribution < 1.29 is 53.5 Å². The molecular weight excluding hydrogens is 260 g/mol. The zero-order valence-electron chi connectivity index (χ0n) is 8.61. The summed E-state index contributed by atoms with van der Waals surface area (Å²) < 4.78 is 0. The molecule has 64 valence electrons. The molecule has 0 heterocycles. The van der Waals surface area contributed by atoms with Crippen LogP contribution in [-0.2, 0) is 0 Å². The van der Waals surface area contributed by atoms with Gasteiger partial charge in [0.05, 0.1) is 0 Å². The maximum atomic E-state index is 6.00. The van der Waals surface area contributed by atoms with Crippen LogP contribution in [0, 0.1) is 11.8 Å². The smallest absolute Gasteiger partial charge is 1.00 e. The number of rotatable bonds is 2. The van der Waals surface area contributed by atoms with Crippen molar-refractivity contribution >= 4 is 0 Å². The largest absolute Gasteiger partial charge is 1.00 e. The van der Waals surface area contributed by atoms with Gasteiger partial charge in [0.1, 0.15) is 0 Å². The molecule has 0 bridgehead atoms. The van der Waals surface area contributed by atoms with E-state index < -0.39 is 0 Å². The fraction of sp³-hybridized carbons (Fsp3) is 1.00. The second-order valence-electron chi connectivity index (χ2n) is 3.68. The van der Waals surface area contributed by atoms with Gasteiger partial charge >= 0.3 is 29.6 Å². The van der Waals surface area contributed by atoms with Gasteiger partial charge in [-0.25, -0.2) is 0 Å². The first-order valence-electron chi connectivity index (χ1n) is 3.68. The molecule has 1 nitrogen and oxygen atoms in total. The van der Waals surface area contributed by atoms with E-state index in [0.717, 1.165) is 0 Å². The van der Waals surface area contributed by atoms with Crippen LogP contribution in [0.3, 0.4) is 0 Å². The summed E-state index contributed by atoms with van der Waals surface area (Å²) in [6.07, 6.45) is 0. The van der Waals surface area contributed by atoms with Crippen LogP contribution in [0.1, 0.15) is 34.6 Å². The number of nitrogens with two attached hydrogens (primary N) is 1. The molecule has 0 atom stereocenters. The molecule has 0 aromatic rings. The molecule has 0 spiro atoms. The van der Waals surface area contributed by atoms with Crippen LogP contribution < -0.4 is 59.3 Å². The van der Waals surface area contributed by atoms with Crippen molar-refractivity contribution in [3.8, 4) is 0 Å². The topological polar surface area (TPSA) is 26.0 Å². The fourth-order valence-corrected chi connectivity index (χ4v) is 0.667. The Morgan fingerprint density at radius 3 is 1.18 bits per heavy atom. The van der Waals surface area contributed by atoms with Crippen molar-refractivity contribution in [3.63, 3.8) is 0 Å². The first-order chi connectivity index (χ1) is 3.89. The number of hydrogen-bond acceptors (Lipinski definition) is 1. The minimum absolute atomic E-state index is 0. The molecule has 3 heteroatoms. The molecule has 0 aromatic heterocycles. The quantitative estimate of drug-likeness (QED) is 0.405. The van der Waals surface area contributed by atoms with E-state index in [0.29, 0.717) is 11.8 Å². The van der Waals surface area contributed by atoms with E-state index in [2.05, 4.69) is 34.6 Å². The Bertz CT molecular complexity index is 82.1. The maximum Gasteiger partial charge on any atom is 1.00 e. The van der Waals surface area contributed by atoms with Crippen LogP contribution in [0.15, 0.2) is 0 Å². The van der Waals surface area contributed by atoms with Gasteiger partial charge in [0.15, 0.2) is 0 Å². The first-order valence-corrected chi connectivity index (χ1v) is 3.68. The van der Waals surface area contributed by atoms with E-state index in [9.17, 15) is 0 Å². The zero-order valence-corrected chi connectivity index (χ0v) is 12.8.